The Morgan fingerprint density at radius 2 is 2.00 bits per heavy atom. The maximum Gasteiger partial charge on any atom is 0.258 e. The molecule has 1 aliphatic rings. The quantitative estimate of drug-likeness (QED) is 0.790. The van der Waals surface area contributed by atoms with Gasteiger partial charge in [0.1, 0.15) is 17.2 Å². The lowest BCUT2D eigenvalue weighted by Crippen LogP contribution is -2.44. The molecule has 0 radical (unpaired) electrons. The predicted molar refractivity (Wildman–Crippen MR) is 86.6 cm³/mol. The van der Waals surface area contributed by atoms with E-state index < -0.39 is 23.8 Å². The van der Waals surface area contributed by atoms with Crippen LogP contribution in [0, 0.1) is 18.6 Å². The van der Waals surface area contributed by atoms with Crippen molar-refractivity contribution < 1.29 is 18.1 Å². The van der Waals surface area contributed by atoms with E-state index in [1.54, 1.807) is 6.92 Å². The molecule has 3 N–H and O–H groups in total. The number of nitrogens with zero attached hydrogens (tertiary/aromatic N) is 1. The Hall–Kier alpha value is -2.32. The molecule has 1 aromatic carbocycles. The topological polar surface area (TPSA) is 79.2 Å². The van der Waals surface area contributed by atoms with Gasteiger partial charge in [-0.25, -0.2) is 19.6 Å². The molecule has 0 spiro atoms. The average molecular weight is 350 g/mol. The van der Waals surface area contributed by atoms with Crippen LogP contribution in [0.4, 0.5) is 8.78 Å². The smallest absolute Gasteiger partial charge is 0.258 e. The highest BCUT2D eigenvalue weighted by Crippen LogP contribution is 2.27. The highest BCUT2D eigenvalue weighted by atomic mass is 19.1. The first-order valence-corrected chi connectivity index (χ1v) is 8.10. The van der Waals surface area contributed by atoms with Gasteiger partial charge in [0.25, 0.3) is 5.91 Å². The second kappa shape index (κ2) is 6.89. The first-order chi connectivity index (χ1) is 11.9. The lowest BCUT2D eigenvalue weighted by Gasteiger charge is -2.13. The summed E-state index contributed by atoms with van der Waals surface area (Å²) in [6, 6.07) is 3.15. The Bertz CT molecular complexity index is 771. The first-order valence-electron chi connectivity index (χ1n) is 8.10. The normalized spacial score (nSPS) is 20.2. The number of rotatable bonds is 4. The first kappa shape index (κ1) is 17.5. The van der Waals surface area contributed by atoms with Gasteiger partial charge < -0.3 is 9.84 Å². The van der Waals surface area contributed by atoms with E-state index in [0.29, 0.717) is 23.4 Å². The number of nitrogens with one attached hydrogen (secondary N) is 3. The van der Waals surface area contributed by atoms with Crippen molar-refractivity contribution in [2.24, 2.45) is 0 Å². The van der Waals surface area contributed by atoms with Crippen molar-refractivity contribution in [3.05, 3.63) is 52.4 Å². The van der Waals surface area contributed by atoms with Crippen LogP contribution in [0.2, 0.25) is 0 Å². The second-order valence-electron chi connectivity index (χ2n) is 6.40. The summed E-state index contributed by atoms with van der Waals surface area (Å²) in [7, 11) is 0. The van der Waals surface area contributed by atoms with Crippen LogP contribution in [0.5, 0.6) is 0 Å². The number of hydrazine groups is 1. The highest BCUT2D eigenvalue weighted by Gasteiger charge is 2.31. The second-order valence-corrected chi connectivity index (χ2v) is 6.40. The van der Waals surface area contributed by atoms with Crippen LogP contribution < -0.4 is 16.2 Å². The zero-order valence-corrected chi connectivity index (χ0v) is 14.2. The van der Waals surface area contributed by atoms with Crippen molar-refractivity contribution in [1.29, 1.82) is 0 Å². The molecule has 0 aliphatic carbocycles. The van der Waals surface area contributed by atoms with Crippen LogP contribution in [0.15, 0.2) is 22.7 Å². The Morgan fingerprint density at radius 3 is 2.64 bits per heavy atom. The van der Waals surface area contributed by atoms with Crippen LogP contribution in [0.3, 0.4) is 0 Å². The third kappa shape index (κ3) is 3.40. The number of carbonyl (C=O) groups excluding carboxylic acids is 1. The fraction of sp³-hybridized carbons (Fsp3) is 0.412. The summed E-state index contributed by atoms with van der Waals surface area (Å²) in [5.41, 5.74) is 6.54. The molecule has 2 aromatic rings. The highest BCUT2D eigenvalue weighted by molar-refractivity contribution is 5.96. The zero-order valence-electron chi connectivity index (χ0n) is 14.2. The summed E-state index contributed by atoms with van der Waals surface area (Å²) >= 11 is 0. The predicted octanol–water partition coefficient (Wildman–Crippen LogP) is 2.68. The largest absolute Gasteiger partial charge is 0.360 e. The molecule has 0 saturated carbocycles. The standard InChI is InChI=1S/C17H20F2N4O2/c1-8(2)16-14(9(3)23-25-16)17(24)20-13-7-12(21-22-13)15-10(18)5-4-6-11(15)19/h4-6,8,12-13,21-22H,7H2,1-3H3,(H,20,24). The number of halogens is 2. The lowest BCUT2D eigenvalue weighted by molar-refractivity contribution is 0.0929. The molecule has 1 saturated heterocycles. The minimum Gasteiger partial charge on any atom is -0.360 e. The number of hydrogen-bond donors (Lipinski definition) is 3. The summed E-state index contributed by atoms with van der Waals surface area (Å²) in [6.07, 6.45) is -0.184. The summed E-state index contributed by atoms with van der Waals surface area (Å²) < 4.78 is 33.0. The van der Waals surface area contributed by atoms with Gasteiger partial charge in [-0.15, -0.1) is 0 Å². The Labute approximate surface area is 143 Å². The summed E-state index contributed by atoms with van der Waals surface area (Å²) in [6.45, 7) is 5.51. The van der Waals surface area contributed by atoms with E-state index in [9.17, 15) is 13.6 Å². The Morgan fingerprint density at radius 1 is 1.32 bits per heavy atom. The number of hydrogen-bond acceptors (Lipinski definition) is 5. The van der Waals surface area contributed by atoms with E-state index >= 15 is 0 Å². The van der Waals surface area contributed by atoms with Crippen molar-refractivity contribution >= 4 is 5.91 Å². The number of aromatic nitrogens is 1. The molecule has 134 valence electrons. The fourth-order valence-electron chi connectivity index (χ4n) is 2.97. The molecule has 1 aliphatic heterocycles. The van der Waals surface area contributed by atoms with Crippen molar-refractivity contribution in [3.63, 3.8) is 0 Å². The SMILES string of the molecule is Cc1noc(C(C)C)c1C(=O)NC1CC(c2c(F)cccc2F)NN1. The fourth-order valence-corrected chi connectivity index (χ4v) is 2.97. The molecule has 8 heteroatoms. The van der Waals surface area contributed by atoms with Crippen molar-refractivity contribution in [2.45, 2.75) is 45.3 Å². The molecule has 2 atom stereocenters. The van der Waals surface area contributed by atoms with E-state index in [0.717, 1.165) is 0 Å². The third-order valence-electron chi connectivity index (χ3n) is 4.20. The van der Waals surface area contributed by atoms with Crippen molar-refractivity contribution in [3.8, 4) is 0 Å². The maximum absolute atomic E-state index is 13.9. The van der Waals surface area contributed by atoms with E-state index in [4.69, 9.17) is 4.52 Å². The third-order valence-corrected chi connectivity index (χ3v) is 4.20. The van der Waals surface area contributed by atoms with Gasteiger partial charge in [0.15, 0.2) is 5.76 Å². The van der Waals surface area contributed by atoms with E-state index in [1.807, 2.05) is 13.8 Å². The van der Waals surface area contributed by atoms with Gasteiger partial charge in [0, 0.05) is 17.9 Å². The van der Waals surface area contributed by atoms with Gasteiger partial charge >= 0.3 is 0 Å². The van der Waals surface area contributed by atoms with E-state index in [-0.39, 0.29) is 17.4 Å². The van der Waals surface area contributed by atoms with Crippen LogP contribution >= 0.6 is 0 Å². The molecule has 0 bridgehead atoms. The monoisotopic (exact) mass is 350 g/mol. The van der Waals surface area contributed by atoms with Crippen molar-refractivity contribution in [2.75, 3.05) is 0 Å². The van der Waals surface area contributed by atoms with Crippen LogP contribution in [-0.2, 0) is 0 Å². The number of carbonyl (C=O) groups is 1. The summed E-state index contributed by atoms with van der Waals surface area (Å²) in [4.78, 5) is 12.6. The van der Waals surface area contributed by atoms with Gasteiger partial charge in [0.05, 0.1) is 17.9 Å². The summed E-state index contributed by atoms with van der Waals surface area (Å²) in [5, 5.41) is 6.65. The molecule has 1 aromatic heterocycles. The Kier molecular flexibility index (Phi) is 4.82. The van der Waals surface area contributed by atoms with Gasteiger partial charge in [-0.05, 0) is 19.1 Å². The number of amides is 1. The lowest BCUT2D eigenvalue weighted by atomic mass is 10.0. The number of aryl methyl sites for hydroxylation is 1. The summed E-state index contributed by atoms with van der Waals surface area (Å²) in [5.74, 6) is -1.06. The molecule has 1 fully saturated rings. The van der Waals surface area contributed by atoms with Crippen LogP contribution in [0.25, 0.3) is 0 Å². The van der Waals surface area contributed by atoms with Gasteiger partial charge in [-0.1, -0.05) is 25.1 Å². The van der Waals surface area contributed by atoms with Gasteiger partial charge in [-0.2, -0.15) is 0 Å². The number of benzene rings is 1. The van der Waals surface area contributed by atoms with Gasteiger partial charge in [0.2, 0.25) is 0 Å². The maximum atomic E-state index is 13.9. The average Bonchev–Trinajstić information content (AvgIpc) is 3.14. The molecular formula is C17H20F2N4O2. The molecule has 6 nitrogen and oxygen atoms in total. The molecule has 2 heterocycles. The molecule has 3 rings (SSSR count). The van der Waals surface area contributed by atoms with Crippen LogP contribution in [-0.4, -0.2) is 17.2 Å². The van der Waals surface area contributed by atoms with Crippen LogP contribution in [0.1, 0.15) is 59.6 Å². The Balaban J connectivity index is 1.72. The van der Waals surface area contributed by atoms with E-state index in [2.05, 4.69) is 21.3 Å². The molecule has 1 amide bonds. The molecule has 25 heavy (non-hydrogen) atoms. The molecule has 2 unspecified atom stereocenters. The minimum atomic E-state index is -0.622. The van der Waals surface area contributed by atoms with Crippen molar-refractivity contribution in [1.82, 2.24) is 21.3 Å². The zero-order chi connectivity index (χ0) is 18.1. The minimum absolute atomic E-state index is 0.0110. The van der Waals surface area contributed by atoms with E-state index in [1.165, 1.54) is 18.2 Å². The van der Waals surface area contributed by atoms with Gasteiger partial charge in [-0.3, -0.25) is 4.79 Å². The molecular weight excluding hydrogens is 330 g/mol.